The molecule has 1 aliphatic heterocycles. The monoisotopic (exact) mass is 387 g/mol. The van der Waals surface area contributed by atoms with Crippen LogP contribution in [0.1, 0.15) is 10.7 Å². The Labute approximate surface area is 160 Å². The van der Waals surface area contributed by atoms with E-state index in [1.165, 1.54) is 11.2 Å². The van der Waals surface area contributed by atoms with Gasteiger partial charge in [0.15, 0.2) is 5.82 Å². The van der Waals surface area contributed by atoms with Crippen molar-refractivity contribution >= 4 is 33.3 Å². The zero-order valence-corrected chi connectivity index (χ0v) is 16.1. The first-order chi connectivity index (χ1) is 13.1. The fourth-order valence-corrected chi connectivity index (χ4v) is 4.00. The summed E-state index contributed by atoms with van der Waals surface area (Å²) < 4.78 is 7.14. The predicted molar refractivity (Wildman–Crippen MR) is 102 cm³/mol. The van der Waals surface area contributed by atoms with E-state index < -0.39 is 0 Å². The Morgan fingerprint density at radius 1 is 1.19 bits per heavy atom. The highest BCUT2D eigenvalue weighted by molar-refractivity contribution is 7.18. The summed E-state index contributed by atoms with van der Waals surface area (Å²) in [4.78, 5) is 31.6. The van der Waals surface area contributed by atoms with Crippen molar-refractivity contribution in [3.63, 3.8) is 0 Å². The molecule has 0 atom stereocenters. The van der Waals surface area contributed by atoms with E-state index in [1.807, 2.05) is 4.90 Å². The summed E-state index contributed by atoms with van der Waals surface area (Å²) in [6, 6.07) is 2.13. The maximum absolute atomic E-state index is 12.4. The van der Waals surface area contributed by atoms with Crippen LogP contribution in [0.25, 0.3) is 10.2 Å². The van der Waals surface area contributed by atoms with E-state index in [1.54, 1.807) is 29.4 Å². The maximum Gasteiger partial charge on any atom is 0.248 e. The van der Waals surface area contributed by atoms with Gasteiger partial charge in [-0.15, -0.1) is 11.3 Å². The molecule has 0 unspecified atom stereocenters. The largest absolute Gasteiger partial charge is 0.364 e. The molecule has 9 nitrogen and oxygen atoms in total. The Morgan fingerprint density at radius 3 is 2.74 bits per heavy atom. The van der Waals surface area contributed by atoms with Gasteiger partial charge in [0.25, 0.3) is 0 Å². The van der Waals surface area contributed by atoms with Crippen LogP contribution >= 0.6 is 11.3 Å². The molecule has 0 aliphatic carbocycles. The van der Waals surface area contributed by atoms with Gasteiger partial charge in [-0.25, -0.2) is 15.0 Å². The van der Waals surface area contributed by atoms with Crippen LogP contribution < -0.4 is 4.90 Å². The topological polar surface area (TPSA) is 89.3 Å². The second-order valence-electron chi connectivity index (χ2n) is 6.43. The first kappa shape index (κ1) is 17.8. The second kappa shape index (κ2) is 7.57. The number of rotatable bonds is 5. The summed E-state index contributed by atoms with van der Waals surface area (Å²) >= 11 is 1.67. The van der Waals surface area contributed by atoms with Gasteiger partial charge >= 0.3 is 0 Å². The molecule has 1 saturated heterocycles. The molecule has 0 radical (unpaired) electrons. The maximum atomic E-state index is 12.4. The van der Waals surface area contributed by atoms with Gasteiger partial charge in [-0.1, -0.05) is 0 Å². The van der Waals surface area contributed by atoms with E-state index in [4.69, 9.17) is 4.74 Å². The van der Waals surface area contributed by atoms with Crippen LogP contribution in [-0.4, -0.2) is 68.3 Å². The molecule has 1 fully saturated rings. The number of thiophene rings is 1. The van der Waals surface area contributed by atoms with Gasteiger partial charge in [0.1, 0.15) is 36.5 Å². The molecule has 4 heterocycles. The molecule has 0 aromatic carbocycles. The highest BCUT2D eigenvalue weighted by Crippen LogP contribution is 2.30. The molecular formula is C17H21N7O2S. The molecule has 27 heavy (non-hydrogen) atoms. The average molecular weight is 387 g/mol. The van der Waals surface area contributed by atoms with Crippen molar-refractivity contribution in [3.8, 4) is 0 Å². The number of aryl methyl sites for hydroxylation is 2. The lowest BCUT2D eigenvalue weighted by molar-refractivity contribution is -0.137. The zero-order chi connectivity index (χ0) is 18.8. The fraction of sp³-hybridized carbons (Fsp3) is 0.471. The van der Waals surface area contributed by atoms with Crippen molar-refractivity contribution in [2.45, 2.75) is 13.5 Å². The predicted octanol–water partition coefficient (Wildman–Crippen LogP) is 0.994. The number of aromatic nitrogens is 5. The minimum atomic E-state index is -0.00368. The summed E-state index contributed by atoms with van der Waals surface area (Å²) in [5, 5.41) is 5.07. The lowest BCUT2D eigenvalue weighted by Gasteiger charge is -2.35. The first-order valence-electron chi connectivity index (χ1n) is 8.76. The first-order valence-corrected chi connectivity index (χ1v) is 9.58. The number of carbonyl (C=O) groups excluding carboxylic acids is 1. The van der Waals surface area contributed by atoms with Crippen molar-refractivity contribution in [2.24, 2.45) is 7.05 Å². The Balaban J connectivity index is 1.31. The normalized spacial score (nSPS) is 14.9. The van der Waals surface area contributed by atoms with Gasteiger partial charge < -0.3 is 14.5 Å². The molecule has 4 rings (SSSR count). The molecule has 1 aliphatic rings. The van der Waals surface area contributed by atoms with Crippen LogP contribution in [0.5, 0.6) is 0 Å². The van der Waals surface area contributed by atoms with Crippen molar-refractivity contribution in [1.82, 2.24) is 29.6 Å². The lowest BCUT2D eigenvalue weighted by atomic mass is 10.2. The molecule has 0 bridgehead atoms. The van der Waals surface area contributed by atoms with Crippen LogP contribution in [0.2, 0.25) is 0 Å². The molecule has 0 spiro atoms. The molecule has 3 aromatic rings. The van der Waals surface area contributed by atoms with E-state index >= 15 is 0 Å². The van der Waals surface area contributed by atoms with Crippen molar-refractivity contribution in [1.29, 1.82) is 0 Å². The second-order valence-corrected chi connectivity index (χ2v) is 7.67. The molecule has 142 valence electrons. The smallest absolute Gasteiger partial charge is 0.248 e. The van der Waals surface area contributed by atoms with Crippen molar-refractivity contribution < 1.29 is 9.53 Å². The number of amides is 1. The third-order valence-electron chi connectivity index (χ3n) is 4.63. The minimum Gasteiger partial charge on any atom is -0.364 e. The van der Waals surface area contributed by atoms with Crippen LogP contribution in [0.15, 0.2) is 18.7 Å². The molecule has 3 aromatic heterocycles. The minimum absolute atomic E-state index is 0.00368. The highest BCUT2D eigenvalue weighted by Gasteiger charge is 2.23. The van der Waals surface area contributed by atoms with E-state index in [0.717, 1.165) is 29.1 Å². The number of hydrogen-bond acceptors (Lipinski definition) is 8. The number of ether oxygens (including phenoxy) is 1. The van der Waals surface area contributed by atoms with E-state index in [2.05, 4.69) is 37.9 Å². The Morgan fingerprint density at radius 2 is 2.00 bits per heavy atom. The SMILES string of the molecule is Cc1cc2c(N3CCN(C(=O)COCc4ncnn4C)CC3)ncnc2s1. The average Bonchev–Trinajstić information content (AvgIpc) is 3.26. The standard InChI is InChI=1S/C17H21N7O2S/c1-12-7-13-16(19-10-20-17(13)27-12)24-5-3-23(4-6-24)15(25)9-26-8-14-18-11-21-22(14)2/h7,10-11H,3-6,8-9H2,1-2H3. The Hall–Kier alpha value is -2.59. The third-order valence-corrected chi connectivity index (χ3v) is 5.58. The van der Waals surface area contributed by atoms with E-state index in [9.17, 15) is 4.79 Å². The lowest BCUT2D eigenvalue weighted by Crippen LogP contribution is -2.50. The summed E-state index contributed by atoms with van der Waals surface area (Å²) in [5.74, 6) is 1.65. The van der Waals surface area contributed by atoms with Gasteiger partial charge in [0.05, 0.1) is 5.39 Å². The summed E-state index contributed by atoms with van der Waals surface area (Å²) in [6.07, 6.45) is 3.09. The van der Waals surface area contributed by atoms with Gasteiger partial charge in [0, 0.05) is 38.1 Å². The Kier molecular flexibility index (Phi) is 4.99. The third kappa shape index (κ3) is 3.76. The summed E-state index contributed by atoms with van der Waals surface area (Å²) in [5.41, 5.74) is 0. The van der Waals surface area contributed by atoms with E-state index in [0.29, 0.717) is 18.9 Å². The number of fused-ring (bicyclic) bond motifs is 1. The van der Waals surface area contributed by atoms with Crippen LogP contribution in [0.3, 0.4) is 0 Å². The fourth-order valence-electron chi connectivity index (χ4n) is 3.15. The van der Waals surface area contributed by atoms with Gasteiger partial charge in [-0.2, -0.15) is 5.10 Å². The zero-order valence-electron chi connectivity index (χ0n) is 15.3. The van der Waals surface area contributed by atoms with Crippen LogP contribution in [0, 0.1) is 6.92 Å². The summed E-state index contributed by atoms with van der Waals surface area (Å²) in [7, 11) is 1.80. The quantitative estimate of drug-likeness (QED) is 0.645. The van der Waals surface area contributed by atoms with Gasteiger partial charge in [-0.05, 0) is 13.0 Å². The van der Waals surface area contributed by atoms with Crippen molar-refractivity contribution in [3.05, 3.63) is 29.4 Å². The number of anilines is 1. The summed E-state index contributed by atoms with van der Waals surface area (Å²) in [6.45, 7) is 5.20. The highest BCUT2D eigenvalue weighted by atomic mass is 32.1. The number of hydrogen-bond donors (Lipinski definition) is 0. The Bertz CT molecular complexity index is 946. The number of piperazine rings is 1. The van der Waals surface area contributed by atoms with E-state index in [-0.39, 0.29) is 19.1 Å². The molecule has 1 amide bonds. The number of nitrogens with zero attached hydrogens (tertiary/aromatic N) is 7. The molecule has 0 saturated carbocycles. The molecule has 0 N–H and O–H groups in total. The number of carbonyl (C=O) groups is 1. The van der Waals surface area contributed by atoms with Gasteiger partial charge in [0.2, 0.25) is 5.91 Å². The van der Waals surface area contributed by atoms with Crippen LogP contribution in [0.4, 0.5) is 5.82 Å². The van der Waals surface area contributed by atoms with Crippen molar-refractivity contribution in [2.75, 3.05) is 37.7 Å². The molecular weight excluding hydrogens is 366 g/mol. The van der Waals surface area contributed by atoms with Crippen LogP contribution in [-0.2, 0) is 23.2 Å². The van der Waals surface area contributed by atoms with Gasteiger partial charge in [-0.3, -0.25) is 9.48 Å². The molecule has 10 heteroatoms.